The summed E-state index contributed by atoms with van der Waals surface area (Å²) >= 11 is 1.44. The number of rotatable bonds is 5. The van der Waals surface area contributed by atoms with E-state index in [9.17, 15) is 4.79 Å². The molecule has 7 heteroatoms. The predicted octanol–water partition coefficient (Wildman–Crippen LogP) is 2.06. The van der Waals surface area contributed by atoms with Gasteiger partial charge in [0.2, 0.25) is 5.78 Å². The molecule has 20 heavy (non-hydrogen) atoms. The van der Waals surface area contributed by atoms with Crippen LogP contribution in [0.3, 0.4) is 0 Å². The van der Waals surface area contributed by atoms with Crippen LogP contribution in [0.25, 0.3) is 5.78 Å². The van der Waals surface area contributed by atoms with Crippen LogP contribution < -0.4 is 5.56 Å². The van der Waals surface area contributed by atoms with Crippen molar-refractivity contribution in [1.29, 1.82) is 0 Å². The predicted molar refractivity (Wildman–Crippen MR) is 80.4 cm³/mol. The number of hydrogen-bond donors (Lipinski definition) is 0. The number of aromatic nitrogens is 4. The molecule has 6 nitrogen and oxygen atoms in total. The molecular weight excluding hydrogens is 274 g/mol. The van der Waals surface area contributed by atoms with E-state index in [1.54, 1.807) is 10.6 Å². The highest BCUT2D eigenvalue weighted by Gasteiger charge is 2.22. The fourth-order valence-electron chi connectivity index (χ4n) is 2.51. The molecule has 0 aromatic carbocycles. The summed E-state index contributed by atoms with van der Waals surface area (Å²) in [5.41, 5.74) is 0.720. The highest BCUT2D eigenvalue weighted by Crippen LogP contribution is 2.25. The van der Waals surface area contributed by atoms with Crippen molar-refractivity contribution in [2.75, 3.05) is 6.26 Å². The highest BCUT2D eigenvalue weighted by atomic mass is 32.2. The van der Waals surface area contributed by atoms with Crippen LogP contribution in [-0.2, 0) is 13.0 Å². The van der Waals surface area contributed by atoms with Crippen molar-refractivity contribution in [2.45, 2.75) is 44.3 Å². The Labute approximate surface area is 120 Å². The molecule has 2 aromatic rings. The van der Waals surface area contributed by atoms with Gasteiger partial charge in [-0.3, -0.25) is 9.36 Å². The van der Waals surface area contributed by atoms with Gasteiger partial charge in [0.25, 0.3) is 5.56 Å². The number of nitrogens with zero attached hydrogens (tertiary/aromatic N) is 5. The van der Waals surface area contributed by atoms with Gasteiger partial charge in [0.05, 0.1) is 5.56 Å². The van der Waals surface area contributed by atoms with Gasteiger partial charge in [-0.2, -0.15) is 0 Å². The quantitative estimate of drug-likeness (QED) is 0.625. The lowest BCUT2D eigenvalue weighted by molar-refractivity contribution is 0.602. The lowest BCUT2D eigenvalue weighted by Crippen LogP contribution is -2.22. The average Bonchev–Trinajstić information content (AvgIpc) is 3.09. The van der Waals surface area contributed by atoms with E-state index in [2.05, 4.69) is 22.1 Å². The van der Waals surface area contributed by atoms with Crippen LogP contribution in [0.1, 0.15) is 31.7 Å². The minimum Gasteiger partial charge on any atom is -0.294 e. The molecule has 0 radical (unpaired) electrons. The molecule has 2 aromatic heterocycles. The topological polar surface area (TPSA) is 64.5 Å². The number of fused-ring (bicyclic) bond motifs is 2. The van der Waals surface area contributed by atoms with Crippen LogP contribution in [0.5, 0.6) is 0 Å². The van der Waals surface area contributed by atoms with Crippen LogP contribution in [0, 0.1) is 0 Å². The number of thioether (sulfide) groups is 1. The van der Waals surface area contributed by atoms with E-state index < -0.39 is 0 Å². The van der Waals surface area contributed by atoms with E-state index in [0.29, 0.717) is 17.4 Å². The summed E-state index contributed by atoms with van der Waals surface area (Å²) in [5.74, 6) is 1.37. The summed E-state index contributed by atoms with van der Waals surface area (Å²) in [4.78, 5) is 16.9. The lowest BCUT2D eigenvalue weighted by atomic mass is 10.2. The van der Waals surface area contributed by atoms with Crippen LogP contribution in [0.2, 0.25) is 0 Å². The molecule has 0 aliphatic carbocycles. The van der Waals surface area contributed by atoms with E-state index >= 15 is 0 Å². The highest BCUT2D eigenvalue weighted by molar-refractivity contribution is 7.98. The van der Waals surface area contributed by atoms with Crippen molar-refractivity contribution in [1.82, 2.24) is 19.2 Å². The zero-order valence-corrected chi connectivity index (χ0v) is 12.5. The molecule has 0 saturated carbocycles. The number of aliphatic imine (C=N–C) groups is 1. The zero-order valence-electron chi connectivity index (χ0n) is 11.7. The summed E-state index contributed by atoms with van der Waals surface area (Å²) in [6.45, 7) is 3.00. The smallest absolute Gasteiger partial charge is 0.266 e. The van der Waals surface area contributed by atoms with Gasteiger partial charge in [-0.15, -0.1) is 10.2 Å². The Morgan fingerprint density at radius 2 is 2.20 bits per heavy atom. The van der Waals surface area contributed by atoms with Crippen molar-refractivity contribution in [3.8, 4) is 0 Å². The molecule has 3 heterocycles. The van der Waals surface area contributed by atoms with Crippen LogP contribution in [0.15, 0.2) is 14.9 Å². The van der Waals surface area contributed by atoms with Crippen molar-refractivity contribution < 1.29 is 0 Å². The standard InChI is InChI=1S/C13H17N5OS/c1-3-4-5-8-17-10-9(6-7-14-10)11(19)18-12(17)15-16-13(18)20-2/h7H,3-6,8H2,1-2H3. The summed E-state index contributed by atoms with van der Waals surface area (Å²) in [6.07, 6.45) is 7.67. The van der Waals surface area contributed by atoms with Crippen molar-refractivity contribution in [3.05, 3.63) is 15.9 Å². The first-order valence-corrected chi connectivity index (χ1v) is 8.07. The Morgan fingerprint density at radius 1 is 1.35 bits per heavy atom. The number of aryl methyl sites for hydroxylation is 1. The summed E-state index contributed by atoms with van der Waals surface area (Å²) in [7, 11) is 0. The molecule has 0 spiro atoms. The van der Waals surface area contributed by atoms with Gasteiger partial charge in [0.15, 0.2) is 5.16 Å². The number of unbranched alkanes of at least 4 members (excludes halogenated alkanes) is 2. The van der Waals surface area contributed by atoms with Gasteiger partial charge in [-0.05, 0) is 12.7 Å². The maximum absolute atomic E-state index is 12.5. The van der Waals surface area contributed by atoms with E-state index in [1.165, 1.54) is 11.8 Å². The van der Waals surface area contributed by atoms with Crippen LogP contribution >= 0.6 is 11.8 Å². The van der Waals surface area contributed by atoms with E-state index in [4.69, 9.17) is 0 Å². The maximum atomic E-state index is 12.5. The Hall–Kier alpha value is -1.63. The third-order valence-electron chi connectivity index (χ3n) is 3.52. The molecule has 0 amide bonds. The maximum Gasteiger partial charge on any atom is 0.266 e. The molecule has 0 unspecified atom stereocenters. The Balaban J connectivity index is 2.21. The SMILES string of the molecule is CCCCCn1c2c(c(=O)n3c(SC)nnc13)CC=N2. The Morgan fingerprint density at radius 3 is 2.95 bits per heavy atom. The molecule has 106 valence electrons. The molecular formula is C13H17N5OS. The minimum atomic E-state index is -0.0337. The molecule has 0 atom stereocenters. The van der Waals surface area contributed by atoms with Gasteiger partial charge >= 0.3 is 0 Å². The van der Waals surface area contributed by atoms with Gasteiger partial charge in [0.1, 0.15) is 5.82 Å². The average molecular weight is 291 g/mol. The largest absolute Gasteiger partial charge is 0.294 e. The molecule has 3 rings (SSSR count). The van der Waals surface area contributed by atoms with Crippen LogP contribution in [0.4, 0.5) is 5.82 Å². The third-order valence-corrected chi connectivity index (χ3v) is 4.15. The third kappa shape index (κ3) is 1.96. The zero-order chi connectivity index (χ0) is 14.1. The minimum absolute atomic E-state index is 0.0337. The van der Waals surface area contributed by atoms with Crippen LogP contribution in [-0.4, -0.2) is 31.6 Å². The Kier molecular flexibility index (Phi) is 3.60. The first-order chi connectivity index (χ1) is 9.77. The second-order valence-corrected chi connectivity index (χ2v) is 5.58. The fourth-order valence-corrected chi connectivity index (χ4v) is 2.98. The van der Waals surface area contributed by atoms with Gasteiger partial charge in [-0.25, -0.2) is 9.39 Å². The molecule has 0 bridgehead atoms. The van der Waals surface area contributed by atoms with E-state index in [0.717, 1.165) is 37.2 Å². The second-order valence-electron chi connectivity index (χ2n) is 4.80. The molecule has 0 fully saturated rings. The lowest BCUT2D eigenvalue weighted by Gasteiger charge is -2.12. The van der Waals surface area contributed by atoms with Crippen molar-refractivity contribution in [3.63, 3.8) is 0 Å². The van der Waals surface area contributed by atoms with E-state index in [1.807, 2.05) is 10.8 Å². The molecule has 0 saturated heterocycles. The molecule has 0 N–H and O–H groups in total. The Bertz CT molecular complexity index is 730. The monoisotopic (exact) mass is 291 g/mol. The van der Waals surface area contributed by atoms with Crippen molar-refractivity contribution >= 4 is 29.6 Å². The fraction of sp³-hybridized carbons (Fsp3) is 0.538. The van der Waals surface area contributed by atoms with Gasteiger partial charge in [0, 0.05) is 19.2 Å². The molecule has 1 aliphatic heterocycles. The first-order valence-electron chi connectivity index (χ1n) is 6.85. The van der Waals surface area contributed by atoms with Gasteiger partial charge < -0.3 is 0 Å². The summed E-state index contributed by atoms with van der Waals surface area (Å²) in [5, 5.41) is 8.94. The normalized spacial score (nSPS) is 13.3. The van der Waals surface area contributed by atoms with Crippen molar-refractivity contribution in [2.24, 2.45) is 4.99 Å². The number of hydrogen-bond acceptors (Lipinski definition) is 5. The molecule has 1 aliphatic rings. The first kappa shape index (κ1) is 13.4. The van der Waals surface area contributed by atoms with E-state index in [-0.39, 0.29) is 5.56 Å². The summed E-state index contributed by atoms with van der Waals surface area (Å²) in [6, 6.07) is 0. The second kappa shape index (κ2) is 5.40. The summed E-state index contributed by atoms with van der Waals surface area (Å²) < 4.78 is 3.65. The van der Waals surface area contributed by atoms with Gasteiger partial charge in [-0.1, -0.05) is 31.5 Å².